The molecule has 1 aliphatic heterocycles. The number of aliphatic hydroxyl groups is 2. The third-order valence-electron chi connectivity index (χ3n) is 13.7. The lowest BCUT2D eigenvalue weighted by atomic mass is 9.44. The zero-order chi connectivity index (χ0) is 34.2. The molecule has 266 valence electrons. The van der Waals surface area contributed by atoms with Crippen molar-refractivity contribution >= 4 is 17.7 Å². The van der Waals surface area contributed by atoms with E-state index < -0.39 is 6.04 Å². The Kier molecular flexibility index (Phi) is 10.6. The van der Waals surface area contributed by atoms with E-state index in [1.165, 1.54) is 19.3 Å². The maximum atomic E-state index is 13.9. The molecule has 0 unspecified atom stereocenters. The Morgan fingerprint density at radius 3 is 2.31 bits per heavy atom. The monoisotopic (exact) mass is 664 g/mol. The van der Waals surface area contributed by atoms with E-state index in [2.05, 4.69) is 29.4 Å². The number of carbonyl (C=O) groups excluding carboxylic acids is 3. The van der Waals surface area contributed by atoms with Crippen LogP contribution in [0, 0.1) is 40.4 Å². The van der Waals surface area contributed by atoms with Gasteiger partial charge in [0.15, 0.2) is 0 Å². The Labute approximate surface area is 287 Å². The summed E-state index contributed by atoms with van der Waals surface area (Å²) in [6.07, 6.45) is 8.87. The average Bonchev–Trinajstić information content (AvgIpc) is 3.37. The van der Waals surface area contributed by atoms with E-state index in [1.54, 1.807) is 0 Å². The molecular formula is C39H60N4O5. The number of benzene rings is 1. The zero-order valence-corrected chi connectivity index (χ0v) is 29.7. The second-order valence-corrected chi connectivity index (χ2v) is 16.9. The molecule has 0 spiro atoms. The van der Waals surface area contributed by atoms with Crippen LogP contribution < -0.4 is 10.6 Å². The van der Waals surface area contributed by atoms with Crippen LogP contribution in [0.3, 0.4) is 0 Å². The van der Waals surface area contributed by atoms with Crippen LogP contribution in [0.1, 0.15) is 91.0 Å². The fraction of sp³-hybridized carbons (Fsp3) is 0.769. The zero-order valence-electron chi connectivity index (χ0n) is 29.7. The Bertz CT molecular complexity index is 1300. The van der Waals surface area contributed by atoms with Crippen molar-refractivity contribution in [3.63, 3.8) is 0 Å². The number of aliphatic hydroxyl groups excluding tert-OH is 2. The Morgan fingerprint density at radius 2 is 1.60 bits per heavy atom. The Morgan fingerprint density at radius 1 is 0.896 bits per heavy atom. The van der Waals surface area contributed by atoms with Gasteiger partial charge >= 0.3 is 0 Å². The van der Waals surface area contributed by atoms with Crippen molar-refractivity contribution in [2.45, 2.75) is 116 Å². The van der Waals surface area contributed by atoms with Crippen molar-refractivity contribution < 1.29 is 24.6 Å². The van der Waals surface area contributed by atoms with E-state index >= 15 is 0 Å². The topological polar surface area (TPSA) is 122 Å². The van der Waals surface area contributed by atoms with Gasteiger partial charge in [-0.25, -0.2) is 0 Å². The van der Waals surface area contributed by atoms with Crippen molar-refractivity contribution in [1.82, 2.24) is 20.4 Å². The number of nitrogens with one attached hydrogen (secondary N) is 2. The molecule has 6 rings (SSSR count). The van der Waals surface area contributed by atoms with Gasteiger partial charge in [0, 0.05) is 45.1 Å². The molecule has 0 bridgehead atoms. The molecule has 0 radical (unpaired) electrons. The second-order valence-electron chi connectivity index (χ2n) is 16.9. The summed E-state index contributed by atoms with van der Waals surface area (Å²) < 4.78 is 0. The minimum absolute atomic E-state index is 0.0698. The predicted molar refractivity (Wildman–Crippen MR) is 186 cm³/mol. The van der Waals surface area contributed by atoms with Crippen molar-refractivity contribution in [3.8, 4) is 0 Å². The van der Waals surface area contributed by atoms with Gasteiger partial charge in [-0.1, -0.05) is 58.0 Å². The molecule has 9 nitrogen and oxygen atoms in total. The molecule has 1 saturated heterocycles. The van der Waals surface area contributed by atoms with E-state index in [4.69, 9.17) is 0 Å². The van der Waals surface area contributed by atoms with Crippen LogP contribution >= 0.6 is 0 Å². The first-order chi connectivity index (χ1) is 22.9. The van der Waals surface area contributed by atoms with Crippen LogP contribution in [0.4, 0.5) is 0 Å². The summed E-state index contributed by atoms with van der Waals surface area (Å²) in [5.41, 5.74) is 1.22. The minimum atomic E-state index is -0.723. The van der Waals surface area contributed by atoms with Gasteiger partial charge in [0.1, 0.15) is 6.04 Å². The molecule has 5 fully saturated rings. The molecule has 3 amide bonds. The summed E-state index contributed by atoms with van der Waals surface area (Å²) in [4.78, 5) is 43.3. The van der Waals surface area contributed by atoms with Crippen LogP contribution in [0.2, 0.25) is 0 Å². The quantitative estimate of drug-likeness (QED) is 0.319. The van der Waals surface area contributed by atoms with Gasteiger partial charge in [-0.2, -0.15) is 0 Å². The number of carbonyl (C=O) groups is 3. The van der Waals surface area contributed by atoms with Gasteiger partial charge in [-0.3, -0.25) is 19.3 Å². The molecule has 1 aromatic rings. The maximum absolute atomic E-state index is 13.9. The summed E-state index contributed by atoms with van der Waals surface area (Å²) in [5, 5.41) is 28.0. The fourth-order valence-electron chi connectivity index (χ4n) is 11.0. The van der Waals surface area contributed by atoms with E-state index in [1.807, 2.05) is 49.1 Å². The molecule has 5 aliphatic rings. The first-order valence-corrected chi connectivity index (χ1v) is 18.9. The van der Waals surface area contributed by atoms with Gasteiger partial charge in [0.25, 0.3) is 0 Å². The van der Waals surface area contributed by atoms with Gasteiger partial charge in [-0.05, 0) is 97.3 Å². The number of hydrogen-bond donors (Lipinski definition) is 4. The molecular weight excluding hydrogens is 604 g/mol. The lowest BCUT2D eigenvalue weighted by Crippen LogP contribution is -2.63. The molecule has 10 atom stereocenters. The molecule has 48 heavy (non-hydrogen) atoms. The molecule has 0 aromatic heterocycles. The normalized spacial score (nSPS) is 37.2. The first-order valence-electron chi connectivity index (χ1n) is 18.9. The average molecular weight is 665 g/mol. The van der Waals surface area contributed by atoms with Crippen molar-refractivity contribution in [2.24, 2.45) is 40.4 Å². The molecule has 4 saturated carbocycles. The highest BCUT2D eigenvalue weighted by Gasteiger charge is 2.61. The van der Waals surface area contributed by atoms with Crippen LogP contribution in [-0.2, 0) is 20.8 Å². The number of piperazine rings is 1. The molecule has 1 heterocycles. The summed E-state index contributed by atoms with van der Waals surface area (Å²) in [6, 6.07) is 9.08. The van der Waals surface area contributed by atoms with Crippen LogP contribution in [-0.4, -0.2) is 94.7 Å². The number of fused-ring (bicyclic) bond motifs is 5. The van der Waals surface area contributed by atoms with E-state index in [0.717, 1.165) is 37.7 Å². The maximum Gasteiger partial charge on any atom is 0.245 e. The van der Waals surface area contributed by atoms with Gasteiger partial charge in [-0.15, -0.1) is 0 Å². The van der Waals surface area contributed by atoms with E-state index in [0.29, 0.717) is 62.7 Å². The van der Waals surface area contributed by atoms with Crippen molar-refractivity contribution in [3.05, 3.63) is 35.9 Å². The third kappa shape index (κ3) is 7.06. The number of rotatable bonds is 9. The summed E-state index contributed by atoms with van der Waals surface area (Å²) in [7, 11) is 0. The van der Waals surface area contributed by atoms with E-state index in [9.17, 15) is 24.6 Å². The molecule has 1 aromatic carbocycles. The Balaban J connectivity index is 1.08. The van der Waals surface area contributed by atoms with Gasteiger partial charge in [0.2, 0.25) is 17.7 Å². The highest BCUT2D eigenvalue weighted by atomic mass is 16.3. The number of nitrogens with zero attached hydrogens (tertiary/aromatic N) is 2. The largest absolute Gasteiger partial charge is 0.393 e. The highest BCUT2D eigenvalue weighted by molar-refractivity contribution is 5.90. The lowest BCUT2D eigenvalue weighted by Gasteiger charge is -2.62. The standard InChI is InChI=1S/C39H60N4O5/c1-25(2)20-35(46)40-24-36(47)41-31(21-26-8-6-5-7-9-26)37(48)43-18-16-42(17-19-43)32-23-39(4)27(22-33(32)44)10-11-28-29-12-13-34(45)38(29,3)15-14-30(28)39/h5-9,25,27-34,44-45H,10-24H2,1-4H3,(H,40,46)(H,41,47)/t27-,28-,29-,30-,31-,32-,33-,34-,38-,39-/m0/s1. The second kappa shape index (κ2) is 14.4. The number of amides is 3. The van der Waals surface area contributed by atoms with Crippen LogP contribution in [0.15, 0.2) is 30.3 Å². The van der Waals surface area contributed by atoms with Crippen LogP contribution in [0.5, 0.6) is 0 Å². The van der Waals surface area contributed by atoms with E-state index in [-0.39, 0.29) is 59.3 Å². The van der Waals surface area contributed by atoms with Crippen LogP contribution in [0.25, 0.3) is 0 Å². The molecule has 4 aliphatic carbocycles. The molecule has 9 heteroatoms. The smallest absolute Gasteiger partial charge is 0.245 e. The SMILES string of the molecule is CC(C)CC(=O)NCC(=O)N[C@@H](Cc1ccccc1)C(=O)N1CCN([C@H]2C[C@@]3(C)[C@@H](CC[C@@H]4[C@@H]3CC[C@]3(C)[C@@H](O)CC[C@@H]43)C[C@@H]2O)CC1. The number of hydrogen-bond acceptors (Lipinski definition) is 6. The summed E-state index contributed by atoms with van der Waals surface area (Å²) >= 11 is 0. The van der Waals surface area contributed by atoms with Gasteiger partial charge in [0.05, 0.1) is 18.8 Å². The highest BCUT2D eigenvalue weighted by Crippen LogP contribution is 2.66. The fourth-order valence-corrected chi connectivity index (χ4v) is 11.0. The summed E-state index contributed by atoms with van der Waals surface area (Å²) in [5.74, 6) is 2.04. The van der Waals surface area contributed by atoms with Gasteiger partial charge < -0.3 is 25.7 Å². The Hall–Kier alpha value is -2.49. The third-order valence-corrected chi connectivity index (χ3v) is 13.7. The first kappa shape index (κ1) is 35.3. The lowest BCUT2D eigenvalue weighted by molar-refractivity contribution is -0.157. The molecule has 4 N–H and O–H groups in total. The van der Waals surface area contributed by atoms with Crippen molar-refractivity contribution in [1.29, 1.82) is 0 Å². The minimum Gasteiger partial charge on any atom is -0.393 e. The predicted octanol–water partition coefficient (Wildman–Crippen LogP) is 3.76. The summed E-state index contributed by atoms with van der Waals surface area (Å²) in [6.45, 7) is 11.1. The van der Waals surface area contributed by atoms with Crippen molar-refractivity contribution in [2.75, 3.05) is 32.7 Å².